The van der Waals surface area contributed by atoms with E-state index in [0.717, 1.165) is 31.4 Å². The van der Waals surface area contributed by atoms with Crippen LogP contribution in [-0.2, 0) is 16.0 Å². The average Bonchev–Trinajstić information content (AvgIpc) is 2.67. The molecule has 0 aliphatic carbocycles. The molecule has 0 saturated carbocycles. The molecule has 4 nitrogen and oxygen atoms in total. The standard InChI is InChI=1S/C23H26Br2O4/c1-4-23(22(26)27,29-5-2)15-17-6-8-21(9-7-17)28-11-10-16(3)18-12-19(24)14-20(25)13-18/h6-10,12-14H,4-5,11,15H2,1-3H3,(H,26,27)/b16-10+/t23-/m0/s1. The molecule has 0 radical (unpaired) electrons. The second-order valence-corrected chi connectivity index (χ2v) is 8.59. The summed E-state index contributed by atoms with van der Waals surface area (Å²) in [5, 5.41) is 9.61. The van der Waals surface area contributed by atoms with Gasteiger partial charge in [-0.15, -0.1) is 0 Å². The first-order chi connectivity index (χ1) is 13.8. The molecule has 0 amide bonds. The van der Waals surface area contributed by atoms with Crippen molar-refractivity contribution in [1.29, 1.82) is 0 Å². The normalized spacial score (nSPS) is 13.8. The predicted molar refractivity (Wildman–Crippen MR) is 123 cm³/mol. The zero-order valence-electron chi connectivity index (χ0n) is 16.9. The van der Waals surface area contributed by atoms with Gasteiger partial charge in [0.05, 0.1) is 0 Å². The highest BCUT2D eigenvalue weighted by atomic mass is 79.9. The van der Waals surface area contributed by atoms with Crippen LogP contribution in [0.4, 0.5) is 0 Å². The number of carboxylic acid groups (broad SMARTS) is 1. The Kier molecular flexibility index (Phi) is 8.93. The van der Waals surface area contributed by atoms with Crippen LogP contribution in [0.2, 0.25) is 0 Å². The predicted octanol–water partition coefficient (Wildman–Crippen LogP) is 6.51. The first-order valence-electron chi connectivity index (χ1n) is 9.52. The molecule has 0 saturated heterocycles. The van der Waals surface area contributed by atoms with Gasteiger partial charge >= 0.3 is 5.97 Å². The van der Waals surface area contributed by atoms with Gasteiger partial charge < -0.3 is 14.6 Å². The topological polar surface area (TPSA) is 55.8 Å². The van der Waals surface area contributed by atoms with Crippen LogP contribution in [0.15, 0.2) is 57.5 Å². The summed E-state index contributed by atoms with van der Waals surface area (Å²) in [6.07, 6.45) is 2.76. The number of ether oxygens (including phenoxy) is 2. The van der Waals surface area contributed by atoms with E-state index in [9.17, 15) is 9.90 Å². The van der Waals surface area contributed by atoms with E-state index < -0.39 is 11.6 Å². The fourth-order valence-electron chi connectivity index (χ4n) is 3.04. The van der Waals surface area contributed by atoms with Crippen LogP contribution in [0, 0.1) is 0 Å². The van der Waals surface area contributed by atoms with E-state index in [1.807, 2.05) is 57.2 Å². The fraction of sp³-hybridized carbons (Fsp3) is 0.348. The SMILES string of the molecule is CCO[C@@](CC)(Cc1ccc(OC/C=C(\C)c2cc(Br)cc(Br)c2)cc1)C(=O)O. The van der Waals surface area contributed by atoms with Gasteiger partial charge in [0, 0.05) is 22.0 Å². The molecule has 0 aliphatic heterocycles. The largest absolute Gasteiger partial charge is 0.490 e. The van der Waals surface area contributed by atoms with Gasteiger partial charge in [0.2, 0.25) is 0 Å². The van der Waals surface area contributed by atoms with E-state index in [-0.39, 0.29) is 0 Å². The second kappa shape index (κ2) is 11.0. The lowest BCUT2D eigenvalue weighted by Gasteiger charge is -2.28. The van der Waals surface area contributed by atoms with E-state index in [4.69, 9.17) is 9.47 Å². The molecule has 6 heteroatoms. The lowest BCUT2D eigenvalue weighted by molar-refractivity contribution is -0.166. The van der Waals surface area contributed by atoms with Gasteiger partial charge in [-0.1, -0.05) is 50.9 Å². The summed E-state index contributed by atoms with van der Waals surface area (Å²) in [5.41, 5.74) is 1.95. The van der Waals surface area contributed by atoms with E-state index in [1.54, 1.807) is 0 Å². The van der Waals surface area contributed by atoms with E-state index in [1.165, 1.54) is 0 Å². The zero-order chi connectivity index (χ0) is 21.4. The molecule has 0 fully saturated rings. The number of allylic oxidation sites excluding steroid dienone is 1. The van der Waals surface area contributed by atoms with Crippen molar-refractivity contribution < 1.29 is 19.4 Å². The van der Waals surface area contributed by atoms with Gasteiger partial charge in [0.15, 0.2) is 5.60 Å². The van der Waals surface area contributed by atoms with Gasteiger partial charge in [-0.3, -0.25) is 0 Å². The van der Waals surface area contributed by atoms with Crippen molar-refractivity contribution in [3.63, 3.8) is 0 Å². The van der Waals surface area contributed by atoms with Gasteiger partial charge in [-0.2, -0.15) is 0 Å². The highest BCUT2D eigenvalue weighted by molar-refractivity contribution is 9.11. The van der Waals surface area contributed by atoms with Crippen LogP contribution in [0.5, 0.6) is 5.75 Å². The molecular weight excluding hydrogens is 500 g/mol. The number of benzene rings is 2. The van der Waals surface area contributed by atoms with E-state index in [2.05, 4.69) is 44.0 Å². The van der Waals surface area contributed by atoms with E-state index in [0.29, 0.717) is 26.1 Å². The number of hydrogen-bond donors (Lipinski definition) is 1. The molecule has 1 atom stereocenters. The first-order valence-corrected chi connectivity index (χ1v) is 11.1. The number of hydrogen-bond acceptors (Lipinski definition) is 3. The average molecular weight is 526 g/mol. The molecule has 0 heterocycles. The van der Waals surface area contributed by atoms with Crippen molar-refractivity contribution in [1.82, 2.24) is 0 Å². The minimum Gasteiger partial charge on any atom is -0.490 e. The highest BCUT2D eigenvalue weighted by Crippen LogP contribution is 2.26. The molecule has 2 rings (SSSR count). The van der Waals surface area contributed by atoms with Crippen molar-refractivity contribution >= 4 is 43.4 Å². The fourth-order valence-corrected chi connectivity index (χ4v) is 4.33. The van der Waals surface area contributed by atoms with Crippen LogP contribution in [0.3, 0.4) is 0 Å². The van der Waals surface area contributed by atoms with Crippen LogP contribution < -0.4 is 4.74 Å². The smallest absolute Gasteiger partial charge is 0.336 e. The third-order valence-corrected chi connectivity index (χ3v) is 5.67. The monoisotopic (exact) mass is 524 g/mol. The lowest BCUT2D eigenvalue weighted by Crippen LogP contribution is -2.43. The van der Waals surface area contributed by atoms with Crippen molar-refractivity contribution in [3.8, 4) is 5.75 Å². The van der Waals surface area contributed by atoms with Crippen molar-refractivity contribution in [2.24, 2.45) is 0 Å². The Hall–Kier alpha value is -1.63. The Bertz CT molecular complexity index is 841. The Morgan fingerprint density at radius 2 is 1.72 bits per heavy atom. The number of halogens is 2. The summed E-state index contributed by atoms with van der Waals surface area (Å²) in [7, 11) is 0. The van der Waals surface area contributed by atoms with E-state index >= 15 is 0 Å². The quantitative estimate of drug-likeness (QED) is 0.384. The molecule has 0 aliphatic rings. The Labute approximate surface area is 189 Å². The Balaban J connectivity index is 2.01. The summed E-state index contributed by atoms with van der Waals surface area (Å²) in [6.45, 7) is 6.50. The third-order valence-electron chi connectivity index (χ3n) is 4.75. The van der Waals surface area contributed by atoms with Crippen LogP contribution >= 0.6 is 31.9 Å². The van der Waals surface area contributed by atoms with Gasteiger partial charge in [-0.05, 0) is 73.4 Å². The molecule has 0 bridgehead atoms. The van der Waals surface area contributed by atoms with Crippen LogP contribution in [0.25, 0.3) is 5.57 Å². The molecule has 0 aromatic heterocycles. The lowest BCUT2D eigenvalue weighted by atomic mass is 9.91. The van der Waals surface area contributed by atoms with Gasteiger partial charge in [0.1, 0.15) is 12.4 Å². The first kappa shape index (κ1) is 23.6. The summed E-state index contributed by atoms with van der Waals surface area (Å²) in [6, 6.07) is 13.6. The molecule has 2 aromatic carbocycles. The number of rotatable bonds is 10. The van der Waals surface area contributed by atoms with Crippen molar-refractivity contribution in [2.45, 2.75) is 39.2 Å². The third kappa shape index (κ3) is 6.69. The molecule has 156 valence electrons. The Morgan fingerprint density at radius 1 is 1.10 bits per heavy atom. The zero-order valence-corrected chi connectivity index (χ0v) is 20.0. The summed E-state index contributed by atoms with van der Waals surface area (Å²) in [5.74, 6) is -0.191. The van der Waals surface area contributed by atoms with Crippen LogP contribution in [0.1, 0.15) is 38.3 Å². The van der Waals surface area contributed by atoms with Crippen molar-refractivity contribution in [2.75, 3.05) is 13.2 Å². The number of carbonyl (C=O) groups is 1. The van der Waals surface area contributed by atoms with Gasteiger partial charge in [-0.25, -0.2) is 4.79 Å². The second-order valence-electron chi connectivity index (χ2n) is 6.76. The maximum Gasteiger partial charge on any atom is 0.336 e. The molecule has 2 aromatic rings. The highest BCUT2D eigenvalue weighted by Gasteiger charge is 2.37. The maximum atomic E-state index is 11.7. The Morgan fingerprint density at radius 3 is 2.24 bits per heavy atom. The van der Waals surface area contributed by atoms with Gasteiger partial charge in [0.25, 0.3) is 0 Å². The summed E-state index contributed by atoms with van der Waals surface area (Å²) < 4.78 is 13.4. The van der Waals surface area contributed by atoms with Crippen LogP contribution in [-0.4, -0.2) is 29.9 Å². The number of carboxylic acids is 1. The number of aliphatic carboxylic acids is 1. The van der Waals surface area contributed by atoms with Crippen molar-refractivity contribution in [3.05, 3.63) is 68.6 Å². The minimum atomic E-state index is -1.19. The molecular formula is C23H26Br2O4. The summed E-state index contributed by atoms with van der Waals surface area (Å²) >= 11 is 7.01. The minimum absolute atomic E-state index is 0.323. The summed E-state index contributed by atoms with van der Waals surface area (Å²) in [4.78, 5) is 11.7. The maximum absolute atomic E-state index is 11.7. The molecule has 1 N–H and O–H groups in total. The molecule has 0 spiro atoms. The molecule has 29 heavy (non-hydrogen) atoms. The molecule has 0 unspecified atom stereocenters.